The minimum atomic E-state index is -0.813. The van der Waals surface area contributed by atoms with Gasteiger partial charge in [0.15, 0.2) is 0 Å². The van der Waals surface area contributed by atoms with Crippen molar-refractivity contribution < 1.29 is 14.3 Å². The van der Waals surface area contributed by atoms with Gasteiger partial charge in [0.05, 0.1) is 11.8 Å². The molecule has 1 atom stereocenters. The zero-order valence-corrected chi connectivity index (χ0v) is 9.45. The summed E-state index contributed by atoms with van der Waals surface area (Å²) in [5, 5.41) is 9.00. The average molecular weight is 223 g/mol. The van der Waals surface area contributed by atoms with E-state index in [1.807, 2.05) is 13.0 Å². The van der Waals surface area contributed by atoms with Gasteiger partial charge in [0.2, 0.25) is 0 Å². The van der Waals surface area contributed by atoms with Gasteiger partial charge in [0, 0.05) is 6.54 Å². The number of carboxylic acid groups (broad SMARTS) is 1. The zero-order chi connectivity index (χ0) is 11.8. The first kappa shape index (κ1) is 11.2. The molecule has 0 aliphatic heterocycles. The Balaban J connectivity index is 2.44. The third-order valence-corrected chi connectivity index (χ3v) is 3.40. The van der Waals surface area contributed by atoms with Crippen LogP contribution in [-0.2, 0) is 16.6 Å². The van der Waals surface area contributed by atoms with Crippen LogP contribution in [0.25, 0.3) is 0 Å². The quantitative estimate of drug-likeness (QED) is 0.816. The minimum absolute atomic E-state index is 0.0590. The summed E-state index contributed by atoms with van der Waals surface area (Å²) in [6, 6.07) is 2.00. The molecule has 0 saturated heterocycles. The summed E-state index contributed by atoms with van der Waals surface area (Å²) in [7, 11) is 0. The maximum atomic E-state index is 11.0. The minimum Gasteiger partial charge on any atom is -0.481 e. The Morgan fingerprint density at radius 1 is 1.69 bits per heavy atom. The van der Waals surface area contributed by atoms with Crippen LogP contribution in [0.5, 0.6) is 0 Å². The summed E-state index contributed by atoms with van der Waals surface area (Å²) < 4.78 is 5.67. The Kier molecular flexibility index (Phi) is 2.76. The molecule has 1 heterocycles. The molecule has 1 aromatic heterocycles. The van der Waals surface area contributed by atoms with E-state index in [1.54, 1.807) is 0 Å². The Morgan fingerprint density at radius 3 is 3.06 bits per heavy atom. The molecule has 1 aliphatic carbocycles. The molecule has 3 N–H and O–H groups in total. The smallest absolute Gasteiger partial charge is 0.304 e. The fourth-order valence-electron chi connectivity index (χ4n) is 2.66. The first-order valence-corrected chi connectivity index (χ1v) is 5.59. The number of aryl methyl sites for hydroxylation is 2. The van der Waals surface area contributed by atoms with Crippen molar-refractivity contribution in [2.24, 2.45) is 5.73 Å². The lowest BCUT2D eigenvalue weighted by Crippen LogP contribution is -2.39. The van der Waals surface area contributed by atoms with E-state index in [1.165, 1.54) is 0 Å². The van der Waals surface area contributed by atoms with Crippen LogP contribution >= 0.6 is 0 Å². The summed E-state index contributed by atoms with van der Waals surface area (Å²) in [5.74, 6) is 0.837. The number of hydrogen-bond donors (Lipinski definition) is 2. The first-order valence-electron chi connectivity index (χ1n) is 5.59. The monoisotopic (exact) mass is 223 g/mol. The van der Waals surface area contributed by atoms with Gasteiger partial charge in [0.25, 0.3) is 0 Å². The van der Waals surface area contributed by atoms with Crippen LogP contribution in [-0.4, -0.2) is 17.6 Å². The third kappa shape index (κ3) is 1.73. The number of aliphatic carboxylic acids is 1. The molecular weight excluding hydrogens is 206 g/mol. The van der Waals surface area contributed by atoms with Crippen LogP contribution in [0.1, 0.15) is 36.3 Å². The van der Waals surface area contributed by atoms with E-state index in [-0.39, 0.29) is 6.42 Å². The summed E-state index contributed by atoms with van der Waals surface area (Å²) in [4.78, 5) is 11.0. The van der Waals surface area contributed by atoms with E-state index in [2.05, 4.69) is 0 Å². The maximum absolute atomic E-state index is 11.0. The van der Waals surface area contributed by atoms with Crippen molar-refractivity contribution >= 4 is 5.97 Å². The van der Waals surface area contributed by atoms with Crippen molar-refractivity contribution in [2.75, 3.05) is 6.54 Å². The molecule has 0 bridgehead atoms. The number of carbonyl (C=O) groups is 1. The highest BCUT2D eigenvalue weighted by Gasteiger charge is 2.40. The number of fused-ring (bicyclic) bond motifs is 1. The standard InChI is InChI=1S/C12H17NO3/c1-8-5-9-3-2-4-12(7-13,6-10(14)15)11(9)16-8/h5H,2-4,6-7,13H2,1H3,(H,14,15). The molecule has 0 spiro atoms. The zero-order valence-electron chi connectivity index (χ0n) is 9.45. The van der Waals surface area contributed by atoms with E-state index in [0.29, 0.717) is 6.54 Å². The van der Waals surface area contributed by atoms with Gasteiger partial charge in [0.1, 0.15) is 11.5 Å². The van der Waals surface area contributed by atoms with Gasteiger partial charge >= 0.3 is 5.97 Å². The number of nitrogens with two attached hydrogens (primary N) is 1. The van der Waals surface area contributed by atoms with Crippen molar-refractivity contribution in [2.45, 2.75) is 38.0 Å². The molecule has 1 aromatic rings. The molecule has 2 rings (SSSR count). The van der Waals surface area contributed by atoms with Crippen LogP contribution in [0.15, 0.2) is 10.5 Å². The molecule has 4 heteroatoms. The van der Waals surface area contributed by atoms with Gasteiger partial charge in [-0.05, 0) is 37.8 Å². The van der Waals surface area contributed by atoms with Gasteiger partial charge in [-0.1, -0.05) is 0 Å². The van der Waals surface area contributed by atoms with Gasteiger partial charge < -0.3 is 15.3 Å². The summed E-state index contributed by atoms with van der Waals surface area (Å²) in [6.45, 7) is 2.22. The van der Waals surface area contributed by atoms with Crippen molar-refractivity contribution in [3.63, 3.8) is 0 Å². The number of rotatable bonds is 3. The van der Waals surface area contributed by atoms with Crippen LogP contribution in [0.2, 0.25) is 0 Å². The topological polar surface area (TPSA) is 76.5 Å². The van der Waals surface area contributed by atoms with E-state index in [9.17, 15) is 4.79 Å². The predicted molar refractivity (Wildman–Crippen MR) is 59.4 cm³/mol. The lowest BCUT2D eigenvalue weighted by molar-refractivity contribution is -0.138. The van der Waals surface area contributed by atoms with Gasteiger partial charge in [-0.3, -0.25) is 4.79 Å². The molecule has 0 radical (unpaired) electrons. The molecule has 1 unspecified atom stereocenters. The second-order valence-electron chi connectivity index (χ2n) is 4.62. The van der Waals surface area contributed by atoms with Crippen LogP contribution in [0, 0.1) is 6.92 Å². The molecule has 0 fully saturated rings. The Bertz CT molecular complexity index is 410. The molecule has 1 aliphatic rings. The SMILES string of the molecule is Cc1cc2c(o1)C(CN)(CC(=O)O)CCC2. The number of carboxylic acids is 1. The third-order valence-electron chi connectivity index (χ3n) is 3.40. The van der Waals surface area contributed by atoms with E-state index in [4.69, 9.17) is 15.3 Å². The summed E-state index contributed by atoms with van der Waals surface area (Å²) >= 11 is 0. The normalized spacial score (nSPS) is 24.1. The fourth-order valence-corrected chi connectivity index (χ4v) is 2.66. The lowest BCUT2D eigenvalue weighted by Gasteiger charge is -2.33. The maximum Gasteiger partial charge on any atom is 0.304 e. The average Bonchev–Trinajstić information content (AvgIpc) is 2.59. The number of furan rings is 1. The Labute approximate surface area is 94.4 Å². The van der Waals surface area contributed by atoms with Crippen LogP contribution in [0.3, 0.4) is 0 Å². The molecule has 16 heavy (non-hydrogen) atoms. The van der Waals surface area contributed by atoms with Gasteiger partial charge in [-0.25, -0.2) is 0 Å². The van der Waals surface area contributed by atoms with Crippen molar-refractivity contribution in [1.29, 1.82) is 0 Å². The predicted octanol–water partition coefficient (Wildman–Crippen LogP) is 1.60. The van der Waals surface area contributed by atoms with Crippen LogP contribution in [0.4, 0.5) is 0 Å². The van der Waals surface area contributed by atoms with Crippen molar-refractivity contribution in [3.8, 4) is 0 Å². The summed E-state index contributed by atoms with van der Waals surface area (Å²) in [6.07, 6.45) is 2.81. The molecule has 0 saturated carbocycles. The van der Waals surface area contributed by atoms with E-state index < -0.39 is 11.4 Å². The molecule has 4 nitrogen and oxygen atoms in total. The second-order valence-corrected chi connectivity index (χ2v) is 4.62. The van der Waals surface area contributed by atoms with E-state index >= 15 is 0 Å². The Hall–Kier alpha value is -1.29. The second kappa shape index (κ2) is 3.94. The van der Waals surface area contributed by atoms with Gasteiger partial charge in [-0.2, -0.15) is 0 Å². The Morgan fingerprint density at radius 2 is 2.44 bits per heavy atom. The largest absolute Gasteiger partial charge is 0.481 e. The van der Waals surface area contributed by atoms with Crippen molar-refractivity contribution in [1.82, 2.24) is 0 Å². The highest BCUT2D eigenvalue weighted by Crippen LogP contribution is 2.40. The van der Waals surface area contributed by atoms with Crippen LogP contribution < -0.4 is 5.73 Å². The molecule has 0 amide bonds. The number of hydrogen-bond acceptors (Lipinski definition) is 3. The molecule has 0 aromatic carbocycles. The fraction of sp³-hybridized carbons (Fsp3) is 0.583. The first-order chi connectivity index (χ1) is 7.57. The van der Waals surface area contributed by atoms with E-state index in [0.717, 1.165) is 36.3 Å². The molecular formula is C12H17NO3. The van der Waals surface area contributed by atoms with Gasteiger partial charge in [-0.15, -0.1) is 0 Å². The highest BCUT2D eigenvalue weighted by molar-refractivity contribution is 5.69. The van der Waals surface area contributed by atoms with Crippen molar-refractivity contribution in [3.05, 3.63) is 23.2 Å². The lowest BCUT2D eigenvalue weighted by atomic mass is 9.72. The molecule has 88 valence electrons. The highest BCUT2D eigenvalue weighted by atomic mass is 16.4. The summed E-state index contributed by atoms with van der Waals surface area (Å²) in [5.41, 5.74) is 6.43.